The van der Waals surface area contributed by atoms with Crippen LogP contribution in [0.1, 0.15) is 57.7 Å². The molecule has 0 saturated carbocycles. The zero-order valence-corrected chi connectivity index (χ0v) is 20.0. The SMILES string of the molecule is CC1CC(C)C(CNC(=O)C2CC(c3ccc(CO)cc3)N=C3C2CNN3C(C)C)C(=O)N1. The number of benzene rings is 1. The molecule has 180 valence electrons. The molecule has 2 fully saturated rings. The highest BCUT2D eigenvalue weighted by molar-refractivity contribution is 5.93. The molecule has 3 heterocycles. The highest BCUT2D eigenvalue weighted by atomic mass is 16.3. The summed E-state index contributed by atoms with van der Waals surface area (Å²) >= 11 is 0. The predicted octanol–water partition coefficient (Wildman–Crippen LogP) is 1.76. The largest absolute Gasteiger partial charge is 0.392 e. The Morgan fingerprint density at radius 3 is 2.61 bits per heavy atom. The fraction of sp³-hybridized carbons (Fsp3) is 0.640. The summed E-state index contributed by atoms with van der Waals surface area (Å²) in [5.41, 5.74) is 5.32. The third kappa shape index (κ3) is 4.92. The number of carbonyl (C=O) groups is 2. The zero-order chi connectivity index (χ0) is 23.7. The van der Waals surface area contributed by atoms with Gasteiger partial charge in [-0.05, 0) is 50.7 Å². The molecule has 0 aromatic heterocycles. The van der Waals surface area contributed by atoms with Crippen molar-refractivity contribution in [3.05, 3.63) is 35.4 Å². The van der Waals surface area contributed by atoms with Crippen molar-refractivity contribution in [2.75, 3.05) is 13.1 Å². The van der Waals surface area contributed by atoms with Crippen LogP contribution in [0.3, 0.4) is 0 Å². The average Bonchev–Trinajstić information content (AvgIpc) is 3.22. The van der Waals surface area contributed by atoms with Gasteiger partial charge in [-0.25, -0.2) is 5.43 Å². The fourth-order valence-corrected chi connectivity index (χ4v) is 5.46. The lowest BCUT2D eigenvalue weighted by Crippen LogP contribution is -2.51. The van der Waals surface area contributed by atoms with Gasteiger partial charge in [0.15, 0.2) is 0 Å². The molecule has 8 heteroatoms. The second-order valence-electron chi connectivity index (χ2n) is 10.2. The molecule has 1 aromatic carbocycles. The van der Waals surface area contributed by atoms with E-state index in [1.54, 1.807) is 0 Å². The van der Waals surface area contributed by atoms with Gasteiger partial charge in [-0.2, -0.15) is 0 Å². The zero-order valence-electron chi connectivity index (χ0n) is 20.0. The van der Waals surface area contributed by atoms with Gasteiger partial charge < -0.3 is 15.7 Å². The number of fused-ring (bicyclic) bond motifs is 1. The van der Waals surface area contributed by atoms with Gasteiger partial charge in [0.1, 0.15) is 5.84 Å². The van der Waals surface area contributed by atoms with Crippen molar-refractivity contribution >= 4 is 17.6 Å². The van der Waals surface area contributed by atoms with E-state index in [9.17, 15) is 14.7 Å². The van der Waals surface area contributed by atoms with E-state index in [2.05, 4.69) is 41.8 Å². The lowest BCUT2D eigenvalue weighted by atomic mass is 9.80. The van der Waals surface area contributed by atoms with Crippen molar-refractivity contribution in [2.45, 2.75) is 65.3 Å². The highest BCUT2D eigenvalue weighted by Crippen LogP contribution is 2.38. The summed E-state index contributed by atoms with van der Waals surface area (Å²) < 4.78 is 0. The Hall–Kier alpha value is -2.45. The first kappa shape index (κ1) is 23.7. The molecule has 8 nitrogen and oxygen atoms in total. The first-order valence-corrected chi connectivity index (χ1v) is 12.2. The Labute approximate surface area is 196 Å². The van der Waals surface area contributed by atoms with Gasteiger partial charge in [0, 0.05) is 31.1 Å². The normalized spacial score (nSPS) is 31.8. The summed E-state index contributed by atoms with van der Waals surface area (Å²) in [6.07, 6.45) is 1.55. The minimum Gasteiger partial charge on any atom is -0.392 e. The van der Waals surface area contributed by atoms with E-state index in [1.807, 2.05) is 31.2 Å². The molecule has 6 unspecified atom stereocenters. The van der Waals surface area contributed by atoms with Crippen molar-refractivity contribution in [2.24, 2.45) is 28.7 Å². The summed E-state index contributed by atoms with van der Waals surface area (Å²) in [6.45, 7) is 9.38. The molecule has 2 saturated heterocycles. The molecule has 0 spiro atoms. The van der Waals surface area contributed by atoms with Gasteiger partial charge in [-0.3, -0.25) is 19.6 Å². The molecular weight excluding hydrogens is 418 g/mol. The van der Waals surface area contributed by atoms with E-state index in [1.165, 1.54) is 0 Å². The first-order chi connectivity index (χ1) is 15.8. The molecule has 0 bridgehead atoms. The lowest BCUT2D eigenvalue weighted by molar-refractivity contribution is -0.131. The number of aliphatic hydroxyl groups is 1. The molecule has 3 aliphatic rings. The van der Waals surface area contributed by atoms with E-state index in [0.29, 0.717) is 19.5 Å². The number of aliphatic hydroxyl groups excluding tert-OH is 1. The van der Waals surface area contributed by atoms with Crippen LogP contribution in [0.5, 0.6) is 0 Å². The van der Waals surface area contributed by atoms with Gasteiger partial charge in [0.2, 0.25) is 11.8 Å². The molecule has 4 N–H and O–H groups in total. The van der Waals surface area contributed by atoms with Crippen LogP contribution in [0.2, 0.25) is 0 Å². The summed E-state index contributed by atoms with van der Waals surface area (Å²) in [6, 6.07) is 8.09. The molecule has 1 aromatic rings. The number of nitrogens with zero attached hydrogens (tertiary/aromatic N) is 2. The number of hydrogen-bond donors (Lipinski definition) is 4. The molecule has 0 aliphatic carbocycles. The van der Waals surface area contributed by atoms with E-state index in [4.69, 9.17) is 4.99 Å². The van der Waals surface area contributed by atoms with E-state index in [-0.39, 0.29) is 60.2 Å². The van der Waals surface area contributed by atoms with Crippen LogP contribution < -0.4 is 16.1 Å². The summed E-state index contributed by atoms with van der Waals surface area (Å²) in [7, 11) is 0. The Balaban J connectivity index is 1.52. The first-order valence-electron chi connectivity index (χ1n) is 12.2. The van der Waals surface area contributed by atoms with Crippen molar-refractivity contribution < 1.29 is 14.7 Å². The fourth-order valence-electron chi connectivity index (χ4n) is 5.46. The molecule has 6 atom stereocenters. The van der Waals surface area contributed by atoms with Gasteiger partial charge in [-0.1, -0.05) is 31.2 Å². The van der Waals surface area contributed by atoms with Gasteiger partial charge >= 0.3 is 0 Å². The summed E-state index contributed by atoms with van der Waals surface area (Å²) in [5, 5.41) is 17.6. The topological polar surface area (TPSA) is 106 Å². The number of aliphatic imine (C=N–C) groups is 1. The third-order valence-electron chi connectivity index (χ3n) is 7.35. The van der Waals surface area contributed by atoms with Gasteiger partial charge in [0.05, 0.1) is 24.5 Å². The van der Waals surface area contributed by atoms with Crippen LogP contribution in [0.4, 0.5) is 0 Å². The minimum absolute atomic E-state index is 0.00353. The molecule has 33 heavy (non-hydrogen) atoms. The number of hydrazine groups is 1. The van der Waals surface area contributed by atoms with Crippen LogP contribution in [-0.4, -0.2) is 52.9 Å². The van der Waals surface area contributed by atoms with E-state index in [0.717, 1.165) is 23.4 Å². The Kier molecular flexibility index (Phi) is 7.05. The number of piperidine rings is 1. The summed E-state index contributed by atoms with van der Waals surface area (Å²) in [4.78, 5) is 31.0. The molecule has 4 rings (SSSR count). The maximum atomic E-state index is 13.4. The molecule has 0 radical (unpaired) electrons. The molecular formula is C25H37N5O3. The van der Waals surface area contributed by atoms with Crippen LogP contribution >= 0.6 is 0 Å². The quantitative estimate of drug-likeness (QED) is 0.523. The third-order valence-corrected chi connectivity index (χ3v) is 7.35. The van der Waals surface area contributed by atoms with E-state index < -0.39 is 0 Å². The second-order valence-corrected chi connectivity index (χ2v) is 10.2. The van der Waals surface area contributed by atoms with Crippen molar-refractivity contribution in [3.8, 4) is 0 Å². The predicted molar refractivity (Wildman–Crippen MR) is 127 cm³/mol. The second kappa shape index (κ2) is 9.81. The maximum absolute atomic E-state index is 13.4. The lowest BCUT2D eigenvalue weighted by Gasteiger charge is -2.35. The Bertz CT molecular complexity index is 900. The van der Waals surface area contributed by atoms with Crippen molar-refractivity contribution in [1.29, 1.82) is 0 Å². The van der Waals surface area contributed by atoms with Crippen molar-refractivity contribution in [3.63, 3.8) is 0 Å². The average molecular weight is 456 g/mol. The Morgan fingerprint density at radius 2 is 1.97 bits per heavy atom. The number of rotatable bonds is 6. The van der Waals surface area contributed by atoms with Crippen LogP contribution in [0.15, 0.2) is 29.3 Å². The monoisotopic (exact) mass is 455 g/mol. The number of amides is 2. The highest BCUT2D eigenvalue weighted by Gasteiger charge is 2.45. The smallest absolute Gasteiger partial charge is 0.225 e. The van der Waals surface area contributed by atoms with Gasteiger partial charge in [0.25, 0.3) is 0 Å². The summed E-state index contributed by atoms with van der Waals surface area (Å²) in [5.74, 6) is 0.788. The maximum Gasteiger partial charge on any atom is 0.225 e. The van der Waals surface area contributed by atoms with Crippen LogP contribution in [0.25, 0.3) is 0 Å². The number of amidine groups is 1. The minimum atomic E-state index is -0.225. The van der Waals surface area contributed by atoms with Crippen LogP contribution in [0, 0.1) is 23.7 Å². The van der Waals surface area contributed by atoms with Crippen molar-refractivity contribution in [1.82, 2.24) is 21.1 Å². The molecule has 3 aliphatic heterocycles. The van der Waals surface area contributed by atoms with E-state index >= 15 is 0 Å². The molecule has 2 amide bonds. The van der Waals surface area contributed by atoms with Gasteiger partial charge in [-0.15, -0.1) is 0 Å². The number of nitrogens with one attached hydrogen (secondary N) is 3. The Morgan fingerprint density at radius 1 is 1.24 bits per heavy atom. The number of hydrogen-bond acceptors (Lipinski definition) is 6. The number of carbonyl (C=O) groups excluding carboxylic acids is 2. The standard InChI is InChI=1S/C25H37N5O3/c1-14(2)30-23-21(12-27-30)19(10-22(29-23)18-7-5-17(13-31)6-8-18)24(32)26-11-20-15(3)9-16(4)28-25(20)33/h5-8,14-16,19-22,27,31H,9-13H2,1-4H3,(H,26,32)(H,28,33). The van der Waals surface area contributed by atoms with Crippen LogP contribution in [-0.2, 0) is 16.2 Å².